The van der Waals surface area contributed by atoms with E-state index in [1.807, 2.05) is 0 Å². The summed E-state index contributed by atoms with van der Waals surface area (Å²) in [5.41, 5.74) is -0.391. The van der Waals surface area contributed by atoms with Crippen LogP contribution in [0.1, 0.15) is 18.1 Å². The maximum atomic E-state index is 13.6. The van der Waals surface area contributed by atoms with E-state index < -0.39 is 17.2 Å². The summed E-state index contributed by atoms with van der Waals surface area (Å²) in [5.74, 6) is -1.73. The molecule has 0 aliphatic rings. The zero-order valence-electron chi connectivity index (χ0n) is 11.0. The Kier molecular flexibility index (Phi) is 4.14. The normalized spacial score (nSPS) is 14.1. The molecule has 2 aromatic rings. The highest BCUT2D eigenvalue weighted by molar-refractivity contribution is 5.23. The van der Waals surface area contributed by atoms with Crippen LogP contribution in [0, 0.1) is 17.5 Å². The number of aliphatic hydroxyl groups is 1. The van der Waals surface area contributed by atoms with Gasteiger partial charge in [0.25, 0.3) is 0 Å². The van der Waals surface area contributed by atoms with Crippen LogP contribution in [-0.2, 0) is 12.8 Å². The summed E-state index contributed by atoms with van der Waals surface area (Å²) in [5, 5.41) is 10.3. The van der Waals surface area contributed by atoms with Crippen molar-refractivity contribution in [3.05, 3.63) is 71.0 Å². The maximum Gasteiger partial charge on any atom is 0.129 e. The molecule has 0 amide bonds. The molecule has 4 heteroatoms. The molecule has 1 nitrogen and oxygen atoms in total. The van der Waals surface area contributed by atoms with Crippen molar-refractivity contribution < 1.29 is 18.3 Å². The van der Waals surface area contributed by atoms with E-state index in [-0.39, 0.29) is 24.2 Å². The predicted octanol–water partition coefficient (Wildman–Crippen LogP) is 3.64. The molecular formula is C16H15F3O. The molecule has 2 aromatic carbocycles. The summed E-state index contributed by atoms with van der Waals surface area (Å²) in [6.45, 7) is 1.54. The van der Waals surface area contributed by atoms with Crippen molar-refractivity contribution in [3.8, 4) is 0 Å². The van der Waals surface area contributed by atoms with Gasteiger partial charge in [-0.05, 0) is 36.2 Å². The first kappa shape index (κ1) is 14.6. The Labute approximate surface area is 115 Å². The van der Waals surface area contributed by atoms with Gasteiger partial charge in [-0.15, -0.1) is 0 Å². The van der Waals surface area contributed by atoms with Crippen molar-refractivity contribution in [2.24, 2.45) is 0 Å². The van der Waals surface area contributed by atoms with E-state index in [1.165, 1.54) is 18.2 Å². The fraction of sp³-hybridized carbons (Fsp3) is 0.250. The monoisotopic (exact) mass is 280 g/mol. The Morgan fingerprint density at radius 2 is 1.65 bits per heavy atom. The van der Waals surface area contributed by atoms with Crippen LogP contribution >= 0.6 is 0 Å². The van der Waals surface area contributed by atoms with Crippen LogP contribution in [0.5, 0.6) is 0 Å². The van der Waals surface area contributed by atoms with Crippen molar-refractivity contribution in [1.82, 2.24) is 0 Å². The minimum Gasteiger partial charge on any atom is -0.389 e. The topological polar surface area (TPSA) is 20.2 Å². The molecule has 1 N–H and O–H groups in total. The molecule has 0 heterocycles. The van der Waals surface area contributed by atoms with Gasteiger partial charge in [-0.1, -0.05) is 18.2 Å². The van der Waals surface area contributed by atoms with Gasteiger partial charge in [-0.2, -0.15) is 0 Å². The summed E-state index contributed by atoms with van der Waals surface area (Å²) in [4.78, 5) is 0. The third-order valence-electron chi connectivity index (χ3n) is 3.06. The molecule has 1 unspecified atom stereocenters. The zero-order valence-corrected chi connectivity index (χ0v) is 11.0. The van der Waals surface area contributed by atoms with Crippen LogP contribution in [0.25, 0.3) is 0 Å². The van der Waals surface area contributed by atoms with Crippen LogP contribution in [-0.4, -0.2) is 10.7 Å². The number of benzene rings is 2. The second-order valence-corrected chi connectivity index (χ2v) is 5.22. The third-order valence-corrected chi connectivity index (χ3v) is 3.06. The molecule has 0 aliphatic carbocycles. The lowest BCUT2D eigenvalue weighted by Gasteiger charge is -2.24. The standard InChI is InChI=1S/C16H15F3O/c1-16(20,9-11-3-2-4-13(17)7-11)10-12-5-6-14(18)8-15(12)19/h2-8,20H,9-10H2,1H3. The van der Waals surface area contributed by atoms with Crippen LogP contribution in [0.2, 0.25) is 0 Å². The van der Waals surface area contributed by atoms with Gasteiger partial charge in [-0.3, -0.25) is 0 Å². The van der Waals surface area contributed by atoms with Crippen molar-refractivity contribution in [2.75, 3.05) is 0 Å². The van der Waals surface area contributed by atoms with Gasteiger partial charge in [0.1, 0.15) is 17.5 Å². The largest absolute Gasteiger partial charge is 0.389 e. The first-order valence-corrected chi connectivity index (χ1v) is 6.26. The van der Waals surface area contributed by atoms with Gasteiger partial charge in [0.15, 0.2) is 0 Å². The van der Waals surface area contributed by atoms with Crippen molar-refractivity contribution in [3.63, 3.8) is 0 Å². The smallest absolute Gasteiger partial charge is 0.129 e. The molecule has 0 radical (unpaired) electrons. The summed E-state index contributed by atoms with van der Waals surface area (Å²) >= 11 is 0. The van der Waals surface area contributed by atoms with E-state index in [0.29, 0.717) is 5.56 Å². The molecule has 106 valence electrons. The van der Waals surface area contributed by atoms with Gasteiger partial charge in [0.2, 0.25) is 0 Å². The van der Waals surface area contributed by atoms with E-state index in [2.05, 4.69) is 0 Å². The van der Waals surface area contributed by atoms with E-state index in [4.69, 9.17) is 0 Å². The summed E-state index contributed by atoms with van der Waals surface area (Å²) < 4.78 is 39.5. The molecule has 0 spiro atoms. The molecule has 20 heavy (non-hydrogen) atoms. The molecule has 0 fully saturated rings. The molecule has 1 atom stereocenters. The number of halogens is 3. The van der Waals surface area contributed by atoms with Crippen LogP contribution in [0.3, 0.4) is 0 Å². The Bertz CT molecular complexity index is 608. The number of hydrogen-bond donors (Lipinski definition) is 1. The summed E-state index contributed by atoms with van der Waals surface area (Å²) in [7, 11) is 0. The molecule has 0 saturated heterocycles. The second kappa shape index (κ2) is 5.67. The molecule has 2 rings (SSSR count). The minimum absolute atomic E-state index is 0.0234. The molecule has 0 bridgehead atoms. The second-order valence-electron chi connectivity index (χ2n) is 5.22. The average Bonchev–Trinajstić information content (AvgIpc) is 2.32. The van der Waals surface area contributed by atoms with Crippen LogP contribution in [0.4, 0.5) is 13.2 Å². The van der Waals surface area contributed by atoms with Crippen LogP contribution < -0.4 is 0 Å². The van der Waals surface area contributed by atoms with E-state index in [0.717, 1.165) is 12.1 Å². The highest BCUT2D eigenvalue weighted by Crippen LogP contribution is 2.21. The average molecular weight is 280 g/mol. The lowest BCUT2D eigenvalue weighted by atomic mass is 9.89. The van der Waals surface area contributed by atoms with Gasteiger partial charge >= 0.3 is 0 Å². The van der Waals surface area contributed by atoms with Crippen molar-refractivity contribution >= 4 is 0 Å². The SMILES string of the molecule is CC(O)(Cc1cccc(F)c1)Cc1ccc(F)cc1F. The van der Waals surface area contributed by atoms with Crippen molar-refractivity contribution in [2.45, 2.75) is 25.4 Å². The quantitative estimate of drug-likeness (QED) is 0.906. The Hall–Kier alpha value is -1.81. The summed E-state index contributed by atoms with van der Waals surface area (Å²) in [6, 6.07) is 9.14. The molecule has 0 saturated carbocycles. The lowest BCUT2D eigenvalue weighted by molar-refractivity contribution is 0.0598. The fourth-order valence-electron chi connectivity index (χ4n) is 2.22. The highest BCUT2D eigenvalue weighted by atomic mass is 19.1. The fourth-order valence-corrected chi connectivity index (χ4v) is 2.22. The van der Waals surface area contributed by atoms with E-state index >= 15 is 0 Å². The number of hydrogen-bond acceptors (Lipinski definition) is 1. The number of rotatable bonds is 4. The van der Waals surface area contributed by atoms with E-state index in [9.17, 15) is 18.3 Å². The van der Waals surface area contributed by atoms with Gasteiger partial charge in [-0.25, -0.2) is 13.2 Å². The Morgan fingerprint density at radius 1 is 0.950 bits per heavy atom. The highest BCUT2D eigenvalue weighted by Gasteiger charge is 2.23. The third kappa shape index (κ3) is 3.84. The summed E-state index contributed by atoms with van der Waals surface area (Å²) in [6.07, 6.45) is 0.206. The van der Waals surface area contributed by atoms with Gasteiger partial charge in [0, 0.05) is 18.9 Å². The lowest BCUT2D eigenvalue weighted by Crippen LogP contribution is -2.30. The van der Waals surface area contributed by atoms with Crippen LogP contribution in [0.15, 0.2) is 42.5 Å². The maximum absolute atomic E-state index is 13.6. The molecule has 0 aliphatic heterocycles. The van der Waals surface area contributed by atoms with Crippen molar-refractivity contribution in [1.29, 1.82) is 0 Å². The first-order chi connectivity index (χ1) is 9.35. The Balaban J connectivity index is 2.14. The molecular weight excluding hydrogens is 265 g/mol. The predicted molar refractivity (Wildman–Crippen MR) is 70.8 cm³/mol. The Morgan fingerprint density at radius 3 is 2.30 bits per heavy atom. The van der Waals surface area contributed by atoms with Gasteiger partial charge < -0.3 is 5.11 Å². The zero-order chi connectivity index (χ0) is 14.8. The first-order valence-electron chi connectivity index (χ1n) is 6.26. The van der Waals surface area contributed by atoms with Gasteiger partial charge in [0.05, 0.1) is 5.60 Å². The molecule has 0 aromatic heterocycles. The van der Waals surface area contributed by atoms with E-state index in [1.54, 1.807) is 19.1 Å². The minimum atomic E-state index is -1.24.